The molecule has 2 heterocycles. The van der Waals surface area contributed by atoms with E-state index in [2.05, 4.69) is 9.88 Å². The SMILES string of the molecule is CC(=O)c1csc(N2CC3CCC3C2)n1. The van der Waals surface area contributed by atoms with Crippen LogP contribution in [0.2, 0.25) is 0 Å². The summed E-state index contributed by atoms with van der Waals surface area (Å²) in [5.74, 6) is 1.86. The van der Waals surface area contributed by atoms with Gasteiger partial charge in [0.25, 0.3) is 0 Å². The molecule has 0 amide bonds. The minimum Gasteiger partial charge on any atom is -0.348 e. The lowest BCUT2D eigenvalue weighted by atomic mass is 9.77. The van der Waals surface area contributed by atoms with E-state index >= 15 is 0 Å². The molecule has 1 aromatic rings. The van der Waals surface area contributed by atoms with Crippen molar-refractivity contribution in [1.29, 1.82) is 0 Å². The topological polar surface area (TPSA) is 33.2 Å². The van der Waals surface area contributed by atoms with Crippen molar-refractivity contribution >= 4 is 22.3 Å². The summed E-state index contributed by atoms with van der Waals surface area (Å²) < 4.78 is 0. The Balaban J connectivity index is 1.78. The average molecular weight is 222 g/mol. The van der Waals surface area contributed by atoms with E-state index < -0.39 is 0 Å². The van der Waals surface area contributed by atoms with Crippen molar-refractivity contribution in [3.63, 3.8) is 0 Å². The maximum Gasteiger partial charge on any atom is 0.185 e. The number of aromatic nitrogens is 1. The Kier molecular flexibility index (Phi) is 2.06. The molecule has 2 fully saturated rings. The van der Waals surface area contributed by atoms with E-state index in [0.717, 1.165) is 30.1 Å². The van der Waals surface area contributed by atoms with Crippen molar-refractivity contribution in [3.05, 3.63) is 11.1 Å². The molecule has 4 heteroatoms. The van der Waals surface area contributed by atoms with Crippen LogP contribution in [0.3, 0.4) is 0 Å². The molecule has 15 heavy (non-hydrogen) atoms. The Bertz CT molecular complexity index is 389. The zero-order chi connectivity index (χ0) is 10.4. The smallest absolute Gasteiger partial charge is 0.185 e. The second-order valence-electron chi connectivity index (χ2n) is 4.57. The fraction of sp³-hybridized carbons (Fsp3) is 0.636. The van der Waals surface area contributed by atoms with Crippen molar-refractivity contribution in [2.24, 2.45) is 11.8 Å². The Hall–Kier alpha value is -0.900. The van der Waals surface area contributed by atoms with Crippen LogP contribution in [0.1, 0.15) is 30.3 Å². The monoisotopic (exact) mass is 222 g/mol. The van der Waals surface area contributed by atoms with E-state index in [-0.39, 0.29) is 5.78 Å². The van der Waals surface area contributed by atoms with Crippen LogP contribution in [0.15, 0.2) is 5.38 Å². The summed E-state index contributed by atoms with van der Waals surface area (Å²) >= 11 is 1.60. The Labute approximate surface area is 93.1 Å². The quantitative estimate of drug-likeness (QED) is 0.719. The number of thiazole rings is 1. The second kappa shape index (κ2) is 3.30. The lowest BCUT2D eigenvalue weighted by Crippen LogP contribution is -2.22. The molecule has 3 rings (SSSR count). The highest BCUT2D eigenvalue weighted by molar-refractivity contribution is 7.13. The lowest BCUT2D eigenvalue weighted by molar-refractivity contribution is 0.101. The third-order valence-corrected chi connectivity index (χ3v) is 4.51. The van der Waals surface area contributed by atoms with E-state index in [1.807, 2.05) is 5.38 Å². The first kappa shape index (κ1) is 9.33. The molecule has 1 aliphatic heterocycles. The first-order valence-corrected chi connectivity index (χ1v) is 6.33. The van der Waals surface area contributed by atoms with Gasteiger partial charge < -0.3 is 4.90 Å². The van der Waals surface area contributed by atoms with Gasteiger partial charge in [0.2, 0.25) is 0 Å². The van der Waals surface area contributed by atoms with Gasteiger partial charge in [0.1, 0.15) is 5.69 Å². The van der Waals surface area contributed by atoms with Gasteiger partial charge in [-0.15, -0.1) is 11.3 Å². The second-order valence-corrected chi connectivity index (χ2v) is 5.41. The Morgan fingerprint density at radius 2 is 2.13 bits per heavy atom. The summed E-state index contributed by atoms with van der Waals surface area (Å²) in [7, 11) is 0. The molecular weight excluding hydrogens is 208 g/mol. The van der Waals surface area contributed by atoms with E-state index in [9.17, 15) is 4.79 Å². The number of carbonyl (C=O) groups is 1. The zero-order valence-electron chi connectivity index (χ0n) is 8.77. The number of hydrogen-bond acceptors (Lipinski definition) is 4. The maximum atomic E-state index is 11.1. The van der Waals surface area contributed by atoms with Gasteiger partial charge in [-0.05, 0) is 24.7 Å². The molecule has 0 bridgehead atoms. The summed E-state index contributed by atoms with van der Waals surface area (Å²) in [6.07, 6.45) is 2.76. The van der Waals surface area contributed by atoms with Crippen molar-refractivity contribution in [2.75, 3.05) is 18.0 Å². The molecule has 0 aromatic carbocycles. The third kappa shape index (κ3) is 1.47. The minimum atomic E-state index is 0.0691. The van der Waals surface area contributed by atoms with Gasteiger partial charge >= 0.3 is 0 Å². The molecule has 1 saturated carbocycles. The summed E-state index contributed by atoms with van der Waals surface area (Å²) in [6.45, 7) is 3.87. The maximum absolute atomic E-state index is 11.1. The summed E-state index contributed by atoms with van der Waals surface area (Å²) in [5, 5.41) is 2.91. The number of Topliss-reactive ketones (excluding diaryl/α,β-unsaturated/α-hetero) is 1. The number of anilines is 1. The average Bonchev–Trinajstić information content (AvgIpc) is 2.73. The summed E-state index contributed by atoms with van der Waals surface area (Å²) in [4.78, 5) is 17.9. The first-order valence-electron chi connectivity index (χ1n) is 5.45. The van der Waals surface area contributed by atoms with Crippen molar-refractivity contribution in [2.45, 2.75) is 19.8 Å². The van der Waals surface area contributed by atoms with Crippen LogP contribution in [0.5, 0.6) is 0 Å². The van der Waals surface area contributed by atoms with Crippen LogP contribution < -0.4 is 4.90 Å². The standard InChI is InChI=1S/C11H14N2OS/c1-7(14)10-6-15-11(12-10)13-4-8-2-3-9(8)5-13/h6,8-9H,2-5H2,1H3. The van der Waals surface area contributed by atoms with E-state index in [4.69, 9.17) is 0 Å². The van der Waals surface area contributed by atoms with Crippen LogP contribution in [-0.2, 0) is 0 Å². The molecule has 0 N–H and O–H groups in total. The zero-order valence-corrected chi connectivity index (χ0v) is 9.59. The lowest BCUT2D eigenvalue weighted by Gasteiger charge is -2.27. The fourth-order valence-electron chi connectivity index (χ4n) is 2.49. The highest BCUT2D eigenvalue weighted by Gasteiger charge is 2.40. The van der Waals surface area contributed by atoms with Gasteiger partial charge in [0.15, 0.2) is 10.9 Å². The molecule has 2 aliphatic rings. The van der Waals surface area contributed by atoms with Crippen LogP contribution in [0.4, 0.5) is 5.13 Å². The van der Waals surface area contributed by atoms with Gasteiger partial charge in [-0.1, -0.05) is 0 Å². The van der Waals surface area contributed by atoms with Gasteiger partial charge in [-0.2, -0.15) is 0 Å². The number of carbonyl (C=O) groups excluding carboxylic acids is 1. The Morgan fingerprint density at radius 1 is 1.47 bits per heavy atom. The van der Waals surface area contributed by atoms with Gasteiger partial charge in [-0.25, -0.2) is 4.98 Å². The van der Waals surface area contributed by atoms with Gasteiger partial charge in [-0.3, -0.25) is 4.79 Å². The third-order valence-electron chi connectivity index (χ3n) is 3.61. The molecule has 2 atom stereocenters. The van der Waals surface area contributed by atoms with Crippen LogP contribution in [-0.4, -0.2) is 23.9 Å². The summed E-state index contributed by atoms with van der Waals surface area (Å²) in [6, 6.07) is 0. The largest absolute Gasteiger partial charge is 0.348 e. The fourth-order valence-corrected chi connectivity index (χ4v) is 3.37. The van der Waals surface area contributed by atoms with Gasteiger partial charge in [0.05, 0.1) is 0 Å². The van der Waals surface area contributed by atoms with Crippen LogP contribution in [0, 0.1) is 11.8 Å². The van der Waals surface area contributed by atoms with Crippen molar-refractivity contribution in [3.8, 4) is 0 Å². The van der Waals surface area contributed by atoms with E-state index in [1.54, 1.807) is 18.3 Å². The molecule has 2 unspecified atom stereocenters. The number of fused-ring (bicyclic) bond motifs is 1. The molecule has 1 saturated heterocycles. The number of hydrogen-bond donors (Lipinski definition) is 0. The highest BCUT2D eigenvalue weighted by Crippen LogP contribution is 2.42. The number of rotatable bonds is 2. The molecule has 1 aromatic heterocycles. The van der Waals surface area contributed by atoms with Crippen molar-refractivity contribution in [1.82, 2.24) is 4.98 Å². The molecule has 0 radical (unpaired) electrons. The Morgan fingerprint density at radius 3 is 2.60 bits per heavy atom. The number of ketones is 1. The molecule has 0 spiro atoms. The van der Waals surface area contributed by atoms with E-state index in [1.165, 1.54) is 12.8 Å². The number of nitrogens with zero attached hydrogens (tertiary/aromatic N) is 2. The molecule has 80 valence electrons. The van der Waals surface area contributed by atoms with Gasteiger partial charge in [0, 0.05) is 25.4 Å². The molecule has 3 nitrogen and oxygen atoms in total. The van der Waals surface area contributed by atoms with E-state index in [0.29, 0.717) is 5.69 Å². The minimum absolute atomic E-state index is 0.0691. The predicted molar refractivity (Wildman–Crippen MR) is 60.5 cm³/mol. The summed E-state index contributed by atoms with van der Waals surface area (Å²) in [5.41, 5.74) is 0.620. The molecule has 1 aliphatic carbocycles. The van der Waals surface area contributed by atoms with Crippen molar-refractivity contribution < 1.29 is 4.79 Å². The van der Waals surface area contributed by atoms with Crippen LogP contribution >= 0.6 is 11.3 Å². The normalized spacial score (nSPS) is 28.7. The highest BCUT2D eigenvalue weighted by atomic mass is 32.1. The molecular formula is C11H14N2OS. The first-order chi connectivity index (χ1) is 7.24. The van der Waals surface area contributed by atoms with Crippen LogP contribution in [0.25, 0.3) is 0 Å². The predicted octanol–water partition coefficient (Wildman–Crippen LogP) is 2.19.